The lowest BCUT2D eigenvalue weighted by molar-refractivity contribution is 0.238. The van der Waals surface area contributed by atoms with E-state index >= 15 is 0 Å². The molecule has 0 aliphatic carbocycles. The van der Waals surface area contributed by atoms with Crippen molar-refractivity contribution in [2.75, 3.05) is 33.4 Å². The highest BCUT2D eigenvalue weighted by Crippen LogP contribution is 2.35. The number of hydrogen-bond acceptors (Lipinski definition) is 3. The molecule has 3 nitrogen and oxygen atoms in total. The number of hydrogen-bond donors (Lipinski definition) is 0. The van der Waals surface area contributed by atoms with Crippen molar-refractivity contribution in [3.63, 3.8) is 0 Å². The zero-order chi connectivity index (χ0) is 22.2. The number of methoxy groups -OCH3 is 1. The van der Waals surface area contributed by atoms with Crippen LogP contribution in [0.1, 0.15) is 42.9 Å². The van der Waals surface area contributed by atoms with Gasteiger partial charge in [-0.25, -0.2) is 0 Å². The maximum Gasteiger partial charge on any atom is 0.119 e. The average Bonchev–Trinajstić information content (AvgIpc) is 3.37. The van der Waals surface area contributed by atoms with Crippen LogP contribution in [0.5, 0.6) is 11.5 Å². The second-order valence-corrected chi connectivity index (χ2v) is 8.22. The average molecular weight is 428 g/mol. The molecule has 166 valence electrons. The maximum absolute atomic E-state index is 6.04. The second kappa shape index (κ2) is 11.0. The third-order valence-electron chi connectivity index (χ3n) is 6.17. The first-order valence-corrected chi connectivity index (χ1v) is 11.7. The van der Waals surface area contributed by atoms with Gasteiger partial charge in [-0.2, -0.15) is 0 Å². The van der Waals surface area contributed by atoms with Gasteiger partial charge in [-0.05, 0) is 84.5 Å². The van der Waals surface area contributed by atoms with Gasteiger partial charge in [-0.1, -0.05) is 61.5 Å². The highest BCUT2D eigenvalue weighted by atomic mass is 16.5. The summed E-state index contributed by atoms with van der Waals surface area (Å²) >= 11 is 0. The van der Waals surface area contributed by atoms with E-state index in [4.69, 9.17) is 9.47 Å². The largest absolute Gasteiger partial charge is 0.497 e. The third kappa shape index (κ3) is 5.41. The van der Waals surface area contributed by atoms with E-state index in [9.17, 15) is 0 Å². The molecule has 0 radical (unpaired) electrons. The Morgan fingerprint density at radius 2 is 1.34 bits per heavy atom. The number of nitrogens with zero attached hydrogens (tertiary/aromatic N) is 1. The first-order chi connectivity index (χ1) is 15.8. The Morgan fingerprint density at radius 3 is 1.91 bits per heavy atom. The smallest absolute Gasteiger partial charge is 0.119 e. The first kappa shape index (κ1) is 22.2. The van der Waals surface area contributed by atoms with E-state index in [1.54, 1.807) is 7.11 Å². The summed E-state index contributed by atoms with van der Waals surface area (Å²) < 4.78 is 11.4. The van der Waals surface area contributed by atoms with Crippen molar-refractivity contribution in [2.45, 2.75) is 26.2 Å². The molecule has 0 saturated carbocycles. The fourth-order valence-corrected chi connectivity index (χ4v) is 4.45. The lowest BCUT2D eigenvalue weighted by Crippen LogP contribution is -2.25. The van der Waals surface area contributed by atoms with Gasteiger partial charge >= 0.3 is 0 Å². The van der Waals surface area contributed by atoms with Crippen molar-refractivity contribution in [1.82, 2.24) is 4.90 Å². The lowest BCUT2D eigenvalue weighted by atomic mass is 9.88. The van der Waals surface area contributed by atoms with Crippen molar-refractivity contribution < 1.29 is 9.47 Å². The normalized spacial score (nSPS) is 14.8. The monoisotopic (exact) mass is 427 g/mol. The Kier molecular flexibility index (Phi) is 7.63. The minimum Gasteiger partial charge on any atom is -0.497 e. The van der Waals surface area contributed by atoms with Gasteiger partial charge < -0.3 is 9.47 Å². The van der Waals surface area contributed by atoms with Gasteiger partial charge in [0.15, 0.2) is 0 Å². The summed E-state index contributed by atoms with van der Waals surface area (Å²) in [6.45, 7) is 6.38. The molecule has 1 aliphatic heterocycles. The number of allylic oxidation sites excluding steroid dienone is 1. The second-order valence-electron chi connectivity index (χ2n) is 8.22. The molecule has 0 atom stereocenters. The summed E-state index contributed by atoms with van der Waals surface area (Å²) in [6, 6.07) is 27.6. The van der Waals surface area contributed by atoms with Crippen LogP contribution in [0.25, 0.3) is 11.1 Å². The maximum atomic E-state index is 6.04. The molecule has 0 bridgehead atoms. The molecular formula is C29H33NO2. The van der Waals surface area contributed by atoms with E-state index in [2.05, 4.69) is 78.6 Å². The Bertz CT molecular complexity index is 1000. The van der Waals surface area contributed by atoms with Crippen molar-refractivity contribution in [3.8, 4) is 11.5 Å². The van der Waals surface area contributed by atoms with Crippen LogP contribution < -0.4 is 9.47 Å². The highest BCUT2D eigenvalue weighted by Gasteiger charge is 2.14. The fraction of sp³-hybridized carbons (Fsp3) is 0.310. The molecule has 0 aromatic heterocycles. The predicted molar refractivity (Wildman–Crippen MR) is 133 cm³/mol. The molecule has 4 rings (SSSR count). The van der Waals surface area contributed by atoms with Crippen LogP contribution in [0.15, 0.2) is 78.9 Å². The lowest BCUT2D eigenvalue weighted by Gasteiger charge is -2.18. The van der Waals surface area contributed by atoms with Gasteiger partial charge in [0.1, 0.15) is 18.1 Å². The first-order valence-electron chi connectivity index (χ1n) is 11.7. The molecule has 1 fully saturated rings. The van der Waals surface area contributed by atoms with Gasteiger partial charge in [-0.3, -0.25) is 4.90 Å². The van der Waals surface area contributed by atoms with E-state index in [0.29, 0.717) is 0 Å². The summed E-state index contributed by atoms with van der Waals surface area (Å²) in [5, 5.41) is 0. The molecule has 3 aromatic rings. The molecule has 0 spiro atoms. The van der Waals surface area contributed by atoms with Gasteiger partial charge in [0.05, 0.1) is 7.11 Å². The van der Waals surface area contributed by atoms with Gasteiger partial charge in [0, 0.05) is 6.54 Å². The van der Waals surface area contributed by atoms with Gasteiger partial charge in [0.25, 0.3) is 0 Å². The zero-order valence-corrected chi connectivity index (χ0v) is 19.2. The van der Waals surface area contributed by atoms with E-state index in [1.165, 1.54) is 53.8 Å². The Morgan fingerprint density at radius 1 is 0.750 bits per heavy atom. The number of likely N-dealkylation sites (tertiary alicyclic amines) is 1. The number of ether oxygens (including phenoxy) is 2. The molecule has 3 aromatic carbocycles. The van der Waals surface area contributed by atoms with Crippen molar-refractivity contribution >= 4 is 11.1 Å². The summed E-state index contributed by atoms with van der Waals surface area (Å²) in [4.78, 5) is 2.48. The van der Waals surface area contributed by atoms with Crippen molar-refractivity contribution in [2.24, 2.45) is 0 Å². The molecule has 0 unspecified atom stereocenters. The molecular weight excluding hydrogens is 394 g/mol. The van der Waals surface area contributed by atoms with Crippen molar-refractivity contribution in [1.29, 1.82) is 0 Å². The Balaban J connectivity index is 1.62. The van der Waals surface area contributed by atoms with Gasteiger partial charge in [-0.15, -0.1) is 0 Å². The fourth-order valence-electron chi connectivity index (χ4n) is 4.45. The topological polar surface area (TPSA) is 21.7 Å². The predicted octanol–water partition coefficient (Wildman–Crippen LogP) is 6.54. The third-order valence-corrected chi connectivity index (χ3v) is 6.17. The minimum atomic E-state index is 0.741. The zero-order valence-electron chi connectivity index (χ0n) is 19.2. The van der Waals surface area contributed by atoms with E-state index in [1.807, 2.05) is 12.1 Å². The van der Waals surface area contributed by atoms with Crippen LogP contribution in [0, 0.1) is 0 Å². The SMILES string of the molecule is CC/C(=C(/c1ccc(OC)cc1)c1ccc(OCCN2CCCC2)cc1)c1ccccc1. The van der Waals surface area contributed by atoms with Crippen molar-refractivity contribution in [3.05, 3.63) is 95.6 Å². The van der Waals surface area contributed by atoms with Gasteiger partial charge in [0.2, 0.25) is 0 Å². The molecule has 32 heavy (non-hydrogen) atoms. The molecule has 1 heterocycles. The van der Waals surface area contributed by atoms with Crippen LogP contribution in [-0.2, 0) is 0 Å². The minimum absolute atomic E-state index is 0.741. The highest BCUT2D eigenvalue weighted by molar-refractivity contribution is 5.98. The quantitative estimate of drug-likeness (QED) is 0.362. The van der Waals surface area contributed by atoms with E-state index in [0.717, 1.165) is 31.1 Å². The Hall–Kier alpha value is -3.04. The van der Waals surface area contributed by atoms with E-state index in [-0.39, 0.29) is 0 Å². The summed E-state index contributed by atoms with van der Waals surface area (Å²) in [5.74, 6) is 1.80. The summed E-state index contributed by atoms with van der Waals surface area (Å²) in [7, 11) is 1.70. The molecule has 1 saturated heterocycles. The summed E-state index contributed by atoms with van der Waals surface area (Å²) in [5.41, 5.74) is 6.23. The van der Waals surface area contributed by atoms with Crippen LogP contribution >= 0.6 is 0 Å². The summed E-state index contributed by atoms with van der Waals surface area (Å²) in [6.07, 6.45) is 3.58. The van der Waals surface area contributed by atoms with Crippen LogP contribution in [0.2, 0.25) is 0 Å². The Labute approximate surface area is 192 Å². The number of benzene rings is 3. The number of rotatable bonds is 9. The van der Waals surface area contributed by atoms with Crippen LogP contribution in [0.4, 0.5) is 0 Å². The molecule has 3 heteroatoms. The molecule has 1 aliphatic rings. The standard InChI is InChI=1S/C29H33NO2/c1-3-28(23-9-5-4-6-10-23)29(24-11-15-26(31-2)16-12-24)25-13-17-27(18-14-25)32-22-21-30-19-7-8-20-30/h4-6,9-18H,3,7-8,19-22H2,1-2H3/b29-28+. The molecule has 0 N–H and O–H groups in total. The molecule has 0 amide bonds. The van der Waals surface area contributed by atoms with E-state index < -0.39 is 0 Å². The van der Waals surface area contributed by atoms with Crippen LogP contribution in [0.3, 0.4) is 0 Å². The van der Waals surface area contributed by atoms with Crippen LogP contribution in [-0.4, -0.2) is 38.3 Å².